The van der Waals surface area contributed by atoms with Crippen molar-refractivity contribution in [3.63, 3.8) is 0 Å². The maximum Gasteiger partial charge on any atom is 0.282 e. The molecule has 0 unspecified atom stereocenters. The number of carbonyl (C=O) groups excluding carboxylic acids is 2. The molecule has 0 bridgehead atoms. The van der Waals surface area contributed by atoms with Gasteiger partial charge in [-0.3, -0.25) is 9.59 Å². The summed E-state index contributed by atoms with van der Waals surface area (Å²) < 4.78 is 0. The third kappa shape index (κ3) is 3.98. The third-order valence-electron chi connectivity index (χ3n) is 6.05. The van der Waals surface area contributed by atoms with Gasteiger partial charge in [-0.1, -0.05) is 47.5 Å². The molecule has 2 aliphatic heterocycles. The van der Waals surface area contributed by atoms with E-state index in [2.05, 4.69) is 9.88 Å². The second-order valence-electron chi connectivity index (χ2n) is 8.17. The number of pyridine rings is 1. The van der Waals surface area contributed by atoms with Crippen LogP contribution in [0.15, 0.2) is 78.6 Å². The Labute approximate surface area is 197 Å². The van der Waals surface area contributed by atoms with Crippen molar-refractivity contribution >= 4 is 40.5 Å². The summed E-state index contributed by atoms with van der Waals surface area (Å²) in [5.41, 5.74) is 3.19. The first kappa shape index (κ1) is 21.2. The van der Waals surface area contributed by atoms with E-state index in [9.17, 15) is 9.59 Å². The molecule has 6 nitrogen and oxygen atoms in total. The van der Waals surface area contributed by atoms with Crippen molar-refractivity contribution in [2.75, 3.05) is 36.0 Å². The van der Waals surface area contributed by atoms with E-state index >= 15 is 0 Å². The number of amides is 2. The topological polar surface area (TPSA) is 56.8 Å². The third-order valence-corrected chi connectivity index (χ3v) is 6.31. The molecule has 0 radical (unpaired) electrons. The highest BCUT2D eigenvalue weighted by Crippen LogP contribution is 2.35. The molecule has 3 heterocycles. The second-order valence-corrected chi connectivity index (χ2v) is 8.61. The molecule has 3 aromatic rings. The van der Waals surface area contributed by atoms with Gasteiger partial charge in [-0.2, -0.15) is 0 Å². The Morgan fingerprint density at radius 1 is 0.788 bits per heavy atom. The SMILES string of the molecule is Cc1ccc(N2C(=O)C(c3ccc(Cl)cc3)=C(N3CCN(c4ccccn4)CC3)C2=O)cc1. The molecule has 0 N–H and O–H groups in total. The van der Waals surface area contributed by atoms with Crippen LogP contribution in [-0.2, 0) is 9.59 Å². The minimum Gasteiger partial charge on any atom is -0.363 e. The number of anilines is 2. The van der Waals surface area contributed by atoms with E-state index in [4.69, 9.17) is 11.6 Å². The molecule has 2 aliphatic rings. The van der Waals surface area contributed by atoms with Gasteiger partial charge in [-0.15, -0.1) is 0 Å². The lowest BCUT2D eigenvalue weighted by Gasteiger charge is -2.37. The van der Waals surface area contributed by atoms with Crippen molar-refractivity contribution in [3.05, 3.63) is 94.8 Å². The molecule has 5 rings (SSSR count). The molecule has 166 valence electrons. The summed E-state index contributed by atoms with van der Waals surface area (Å²) in [5.74, 6) is 0.313. The Bertz CT molecular complexity index is 1220. The molecule has 0 aliphatic carbocycles. The number of benzene rings is 2. The van der Waals surface area contributed by atoms with Crippen LogP contribution >= 0.6 is 11.6 Å². The number of hydrogen-bond acceptors (Lipinski definition) is 5. The molecular weight excluding hydrogens is 436 g/mol. The maximum absolute atomic E-state index is 13.7. The zero-order valence-electron chi connectivity index (χ0n) is 18.2. The largest absolute Gasteiger partial charge is 0.363 e. The Hall–Kier alpha value is -3.64. The monoisotopic (exact) mass is 458 g/mol. The van der Waals surface area contributed by atoms with Gasteiger partial charge in [0, 0.05) is 37.4 Å². The van der Waals surface area contributed by atoms with Gasteiger partial charge >= 0.3 is 0 Å². The fourth-order valence-electron chi connectivity index (χ4n) is 4.32. The number of nitrogens with zero attached hydrogens (tertiary/aromatic N) is 4. The Morgan fingerprint density at radius 2 is 1.45 bits per heavy atom. The lowest BCUT2D eigenvalue weighted by Crippen LogP contribution is -2.48. The van der Waals surface area contributed by atoms with Crippen LogP contribution in [0.2, 0.25) is 5.02 Å². The van der Waals surface area contributed by atoms with Gasteiger partial charge in [0.2, 0.25) is 0 Å². The lowest BCUT2D eigenvalue weighted by atomic mass is 10.0. The molecule has 1 saturated heterocycles. The van der Waals surface area contributed by atoms with E-state index in [1.807, 2.05) is 54.3 Å². The summed E-state index contributed by atoms with van der Waals surface area (Å²) >= 11 is 6.08. The number of hydrogen-bond donors (Lipinski definition) is 0. The van der Waals surface area contributed by atoms with Crippen LogP contribution in [0.25, 0.3) is 5.57 Å². The predicted molar refractivity (Wildman–Crippen MR) is 130 cm³/mol. The van der Waals surface area contributed by atoms with Gasteiger partial charge in [-0.05, 0) is 48.9 Å². The second kappa shape index (κ2) is 8.71. The molecule has 2 amide bonds. The first-order valence-electron chi connectivity index (χ1n) is 10.9. The minimum absolute atomic E-state index is 0.292. The quantitative estimate of drug-likeness (QED) is 0.550. The molecule has 7 heteroatoms. The van der Waals surface area contributed by atoms with Gasteiger partial charge in [0.1, 0.15) is 11.5 Å². The first-order chi connectivity index (χ1) is 16.0. The fourth-order valence-corrected chi connectivity index (χ4v) is 4.44. The molecule has 1 fully saturated rings. The highest BCUT2D eigenvalue weighted by molar-refractivity contribution is 6.45. The summed E-state index contributed by atoms with van der Waals surface area (Å²) in [6.07, 6.45) is 1.78. The fraction of sp³-hybridized carbons (Fsp3) is 0.192. The zero-order chi connectivity index (χ0) is 22.9. The van der Waals surface area contributed by atoms with Crippen LogP contribution in [0.1, 0.15) is 11.1 Å². The number of rotatable bonds is 4. The molecule has 0 atom stereocenters. The standard InChI is InChI=1S/C26H23ClN4O2/c1-18-5-11-21(12-6-18)31-25(32)23(19-7-9-20(27)10-8-19)24(26(31)33)30-16-14-29(15-17-30)22-4-2-3-13-28-22/h2-13H,14-17H2,1H3. The lowest BCUT2D eigenvalue weighted by molar-refractivity contribution is -0.120. The van der Waals surface area contributed by atoms with E-state index in [0.29, 0.717) is 53.7 Å². The molecule has 1 aromatic heterocycles. The van der Waals surface area contributed by atoms with Gasteiger partial charge in [0.25, 0.3) is 11.8 Å². The minimum atomic E-state index is -0.312. The van der Waals surface area contributed by atoms with E-state index in [1.165, 1.54) is 4.90 Å². The Kier molecular flexibility index (Phi) is 5.60. The van der Waals surface area contributed by atoms with Gasteiger partial charge in [0.15, 0.2) is 0 Å². The van der Waals surface area contributed by atoms with E-state index < -0.39 is 0 Å². The number of carbonyl (C=O) groups is 2. The summed E-state index contributed by atoms with van der Waals surface area (Å²) in [4.78, 5) is 37.2. The van der Waals surface area contributed by atoms with Gasteiger partial charge < -0.3 is 9.80 Å². The summed E-state index contributed by atoms with van der Waals surface area (Å²) in [6, 6.07) is 20.4. The average molecular weight is 459 g/mol. The van der Waals surface area contributed by atoms with E-state index in [0.717, 1.165) is 11.4 Å². The molecule has 0 saturated carbocycles. The van der Waals surface area contributed by atoms with Crippen LogP contribution in [0.3, 0.4) is 0 Å². The summed E-state index contributed by atoms with van der Waals surface area (Å²) in [7, 11) is 0. The Balaban J connectivity index is 1.50. The van der Waals surface area contributed by atoms with Crippen LogP contribution in [0.4, 0.5) is 11.5 Å². The zero-order valence-corrected chi connectivity index (χ0v) is 19.0. The van der Waals surface area contributed by atoms with Crippen LogP contribution < -0.4 is 9.80 Å². The molecule has 33 heavy (non-hydrogen) atoms. The normalized spacial score (nSPS) is 16.7. The first-order valence-corrected chi connectivity index (χ1v) is 11.3. The number of halogens is 1. The molecule has 2 aromatic carbocycles. The van der Waals surface area contributed by atoms with Crippen LogP contribution in [0, 0.1) is 6.92 Å². The molecule has 0 spiro atoms. The van der Waals surface area contributed by atoms with Crippen molar-refractivity contribution in [1.29, 1.82) is 0 Å². The van der Waals surface area contributed by atoms with E-state index in [-0.39, 0.29) is 11.8 Å². The highest BCUT2D eigenvalue weighted by atomic mass is 35.5. The Morgan fingerprint density at radius 3 is 2.09 bits per heavy atom. The molecular formula is C26H23ClN4O2. The summed E-state index contributed by atoms with van der Waals surface area (Å²) in [5, 5.41) is 0.581. The number of piperazine rings is 1. The number of aromatic nitrogens is 1. The van der Waals surface area contributed by atoms with Crippen molar-refractivity contribution in [2.24, 2.45) is 0 Å². The van der Waals surface area contributed by atoms with Crippen molar-refractivity contribution in [1.82, 2.24) is 9.88 Å². The smallest absolute Gasteiger partial charge is 0.282 e. The summed E-state index contributed by atoms with van der Waals surface area (Å²) in [6.45, 7) is 4.62. The number of imide groups is 1. The van der Waals surface area contributed by atoms with Crippen molar-refractivity contribution in [2.45, 2.75) is 6.92 Å². The van der Waals surface area contributed by atoms with E-state index in [1.54, 1.807) is 30.5 Å². The van der Waals surface area contributed by atoms with Crippen LogP contribution in [-0.4, -0.2) is 47.9 Å². The van der Waals surface area contributed by atoms with Crippen LogP contribution in [0.5, 0.6) is 0 Å². The predicted octanol–water partition coefficient (Wildman–Crippen LogP) is 4.15. The average Bonchev–Trinajstić information content (AvgIpc) is 3.11. The highest BCUT2D eigenvalue weighted by Gasteiger charge is 2.43. The number of aryl methyl sites for hydroxylation is 1. The van der Waals surface area contributed by atoms with Gasteiger partial charge in [-0.25, -0.2) is 9.88 Å². The van der Waals surface area contributed by atoms with Gasteiger partial charge in [0.05, 0.1) is 11.3 Å². The van der Waals surface area contributed by atoms with Crippen molar-refractivity contribution < 1.29 is 9.59 Å². The van der Waals surface area contributed by atoms with Crippen molar-refractivity contribution in [3.8, 4) is 0 Å². The maximum atomic E-state index is 13.7.